The Kier molecular flexibility index (Phi) is 8.01. The first-order valence-electron chi connectivity index (χ1n) is 14.5. The van der Waals surface area contributed by atoms with Gasteiger partial charge in [-0.1, -0.05) is 72.8 Å². The van der Waals surface area contributed by atoms with Crippen LogP contribution in [0.25, 0.3) is 33.4 Å². The Morgan fingerprint density at radius 2 is 1.67 bits per heavy atom. The first kappa shape index (κ1) is 29.9. The van der Waals surface area contributed by atoms with Gasteiger partial charge in [0.25, 0.3) is 11.8 Å². The van der Waals surface area contributed by atoms with Crippen molar-refractivity contribution in [1.82, 2.24) is 16.1 Å². The van der Waals surface area contributed by atoms with Crippen molar-refractivity contribution in [3.8, 4) is 22.5 Å². The third-order valence-electron chi connectivity index (χ3n) is 8.16. The molecule has 5 N–H and O–H groups in total. The number of nitrogens with two attached hydrogens (primary N) is 1. The molecular formula is C36H32ClN5O3. The van der Waals surface area contributed by atoms with E-state index < -0.39 is 5.54 Å². The van der Waals surface area contributed by atoms with E-state index in [-0.39, 0.29) is 11.8 Å². The Bertz CT molecular complexity index is 1990. The van der Waals surface area contributed by atoms with Gasteiger partial charge >= 0.3 is 0 Å². The first-order valence-corrected chi connectivity index (χ1v) is 14.9. The van der Waals surface area contributed by atoms with E-state index in [9.17, 15) is 9.59 Å². The van der Waals surface area contributed by atoms with Gasteiger partial charge in [-0.15, -0.1) is 0 Å². The number of fused-ring (bicyclic) bond motifs is 1. The van der Waals surface area contributed by atoms with Gasteiger partial charge in [0.05, 0.1) is 21.8 Å². The average molecular weight is 618 g/mol. The number of nitrogens with zero attached hydrogens (tertiary/aromatic N) is 1. The van der Waals surface area contributed by atoms with Crippen molar-refractivity contribution in [2.24, 2.45) is 10.8 Å². The van der Waals surface area contributed by atoms with Crippen LogP contribution in [0, 0.1) is 6.92 Å². The summed E-state index contributed by atoms with van der Waals surface area (Å²) in [7, 11) is 1.60. The number of amides is 2. The largest absolute Gasteiger partial charge is 0.455 e. The van der Waals surface area contributed by atoms with Crippen LogP contribution in [0.2, 0.25) is 5.02 Å². The maximum absolute atomic E-state index is 13.6. The molecule has 5 aromatic rings. The van der Waals surface area contributed by atoms with Gasteiger partial charge in [0, 0.05) is 29.1 Å². The van der Waals surface area contributed by atoms with E-state index in [1.165, 1.54) is 0 Å². The van der Waals surface area contributed by atoms with Crippen LogP contribution < -0.4 is 21.9 Å². The zero-order chi connectivity index (χ0) is 31.7. The van der Waals surface area contributed by atoms with E-state index in [1.807, 2.05) is 79.7 Å². The molecule has 1 aromatic heterocycles. The van der Waals surface area contributed by atoms with E-state index in [1.54, 1.807) is 25.2 Å². The second-order valence-corrected chi connectivity index (χ2v) is 11.5. The molecule has 0 aliphatic heterocycles. The van der Waals surface area contributed by atoms with Gasteiger partial charge in [-0.3, -0.25) is 9.59 Å². The number of halogens is 1. The Morgan fingerprint density at radius 1 is 0.933 bits per heavy atom. The number of furan rings is 1. The molecule has 0 unspecified atom stereocenters. The second kappa shape index (κ2) is 12.1. The maximum atomic E-state index is 13.6. The number of hydrogen-bond donors (Lipinski definition) is 4. The van der Waals surface area contributed by atoms with Crippen molar-refractivity contribution in [3.05, 3.63) is 131 Å². The summed E-state index contributed by atoms with van der Waals surface area (Å²) in [6.07, 6.45) is 1.40. The zero-order valence-electron chi connectivity index (χ0n) is 24.9. The third kappa shape index (κ3) is 5.73. The zero-order valence-corrected chi connectivity index (χ0v) is 25.7. The third-order valence-corrected chi connectivity index (χ3v) is 8.49. The van der Waals surface area contributed by atoms with Crippen molar-refractivity contribution < 1.29 is 14.0 Å². The van der Waals surface area contributed by atoms with Gasteiger partial charge < -0.3 is 20.5 Å². The lowest BCUT2D eigenvalue weighted by Crippen LogP contribution is -2.39. The number of aliphatic imine (C=N–C) groups is 1. The summed E-state index contributed by atoms with van der Waals surface area (Å²) in [5.74, 6) is 6.16. The highest BCUT2D eigenvalue weighted by Gasteiger charge is 2.47. The molecule has 45 heavy (non-hydrogen) atoms. The Balaban J connectivity index is 1.31. The van der Waals surface area contributed by atoms with Crippen molar-refractivity contribution in [3.63, 3.8) is 0 Å². The fourth-order valence-electron chi connectivity index (χ4n) is 5.45. The molecule has 0 bridgehead atoms. The summed E-state index contributed by atoms with van der Waals surface area (Å²) >= 11 is 6.35. The topological polar surface area (TPSA) is 122 Å². The molecule has 2 amide bonds. The molecule has 1 heterocycles. The number of benzene rings is 4. The number of carbonyl (C=O) groups is 2. The van der Waals surface area contributed by atoms with E-state index in [0.29, 0.717) is 62.8 Å². The van der Waals surface area contributed by atoms with Crippen LogP contribution in [0.1, 0.15) is 44.7 Å². The molecule has 0 spiro atoms. The fraction of sp³-hybridized carbons (Fsp3) is 0.139. The van der Waals surface area contributed by atoms with Crippen LogP contribution in [0.15, 0.2) is 113 Å². The van der Waals surface area contributed by atoms with Crippen LogP contribution in [0.3, 0.4) is 0 Å². The smallest absolute Gasteiger partial charge is 0.255 e. The molecule has 8 nitrogen and oxygen atoms in total. The molecule has 0 radical (unpaired) electrons. The summed E-state index contributed by atoms with van der Waals surface area (Å²) in [5.41, 5.74) is 8.11. The van der Waals surface area contributed by atoms with Gasteiger partial charge in [-0.2, -0.15) is 0 Å². The van der Waals surface area contributed by atoms with Crippen LogP contribution in [0.5, 0.6) is 0 Å². The van der Waals surface area contributed by atoms with Crippen LogP contribution in [-0.2, 0) is 0 Å². The Labute approximate surface area is 266 Å². The highest BCUT2D eigenvalue weighted by atomic mass is 35.5. The number of hydrazine groups is 1. The Hall–Kier alpha value is -5.18. The molecule has 0 atom stereocenters. The molecule has 4 aromatic carbocycles. The maximum Gasteiger partial charge on any atom is 0.255 e. The molecule has 1 saturated carbocycles. The molecule has 6 rings (SSSR count). The van der Waals surface area contributed by atoms with Gasteiger partial charge in [0.1, 0.15) is 17.2 Å². The molecule has 226 valence electrons. The number of amidine groups is 1. The van der Waals surface area contributed by atoms with Gasteiger partial charge in [0.15, 0.2) is 0 Å². The van der Waals surface area contributed by atoms with E-state index in [2.05, 4.69) is 27.6 Å². The first-order chi connectivity index (χ1) is 21.7. The van der Waals surface area contributed by atoms with E-state index in [0.717, 1.165) is 22.3 Å². The summed E-state index contributed by atoms with van der Waals surface area (Å²) < 4.78 is 6.18. The summed E-state index contributed by atoms with van der Waals surface area (Å²) in [5, 5.41) is 7.07. The van der Waals surface area contributed by atoms with Crippen molar-refractivity contribution >= 4 is 40.2 Å². The molecular weight excluding hydrogens is 586 g/mol. The van der Waals surface area contributed by atoms with Crippen LogP contribution in [-0.4, -0.2) is 30.2 Å². The number of nitrogens with one attached hydrogen (secondary N) is 3. The molecule has 9 heteroatoms. The van der Waals surface area contributed by atoms with Crippen molar-refractivity contribution in [1.29, 1.82) is 0 Å². The Morgan fingerprint density at radius 3 is 2.36 bits per heavy atom. The monoisotopic (exact) mass is 617 g/mol. The molecule has 1 aliphatic carbocycles. The normalized spacial score (nSPS) is 13.7. The molecule has 1 fully saturated rings. The standard InChI is InChI=1S/C36H32ClN5O3/c1-21-13-14-25(34(43)41-36(17-18-36)22(2)40-33(42-38)26-11-7-8-12-29(26)37)20-27(21)24-15-16-30-28(19-24)31(35(44)39-3)32(45-30)23-9-5-4-6-10-23/h4-16,19-20H,2,17-18,38H2,1,3H3,(H,39,44)(H,40,42)(H,41,43). The number of carbonyl (C=O) groups excluding carboxylic acids is 2. The van der Waals surface area contributed by atoms with Gasteiger partial charge in [-0.25, -0.2) is 10.8 Å². The fourth-order valence-corrected chi connectivity index (χ4v) is 5.67. The van der Waals surface area contributed by atoms with Crippen LogP contribution >= 0.6 is 11.6 Å². The number of hydrogen-bond acceptors (Lipinski definition) is 5. The quantitative estimate of drug-likeness (QED) is 0.0662. The minimum atomic E-state index is -0.683. The molecule has 0 saturated heterocycles. The predicted octanol–water partition coefficient (Wildman–Crippen LogP) is 6.77. The minimum Gasteiger partial charge on any atom is -0.455 e. The van der Waals surface area contributed by atoms with Gasteiger partial charge in [0.2, 0.25) is 0 Å². The van der Waals surface area contributed by atoms with Crippen LogP contribution in [0.4, 0.5) is 0 Å². The lowest BCUT2D eigenvalue weighted by atomic mass is 9.95. The summed E-state index contributed by atoms with van der Waals surface area (Å²) in [6.45, 7) is 6.14. The van der Waals surface area contributed by atoms with Gasteiger partial charge in [-0.05, 0) is 72.9 Å². The highest BCUT2D eigenvalue weighted by Crippen LogP contribution is 2.43. The lowest BCUT2D eigenvalue weighted by Gasteiger charge is -2.19. The van der Waals surface area contributed by atoms with E-state index >= 15 is 0 Å². The van der Waals surface area contributed by atoms with Crippen molar-refractivity contribution in [2.45, 2.75) is 25.3 Å². The average Bonchev–Trinajstić information content (AvgIpc) is 3.75. The van der Waals surface area contributed by atoms with Crippen molar-refractivity contribution in [2.75, 3.05) is 7.05 Å². The summed E-state index contributed by atoms with van der Waals surface area (Å²) in [4.78, 5) is 31.3. The predicted molar refractivity (Wildman–Crippen MR) is 179 cm³/mol. The SMILES string of the molecule is C=C(N=C(NN)c1ccccc1Cl)C1(NC(=O)c2ccc(C)c(-c3ccc4oc(-c5ccccc5)c(C(=O)NC)c4c3)c2)CC1. The molecule has 1 aliphatic rings. The minimum absolute atomic E-state index is 0.241. The second-order valence-electron chi connectivity index (χ2n) is 11.1. The van der Waals surface area contributed by atoms with E-state index in [4.69, 9.17) is 21.9 Å². The number of aryl methyl sites for hydroxylation is 1. The number of rotatable bonds is 8. The highest BCUT2D eigenvalue weighted by molar-refractivity contribution is 6.34. The lowest BCUT2D eigenvalue weighted by molar-refractivity contribution is 0.0935. The summed E-state index contributed by atoms with van der Waals surface area (Å²) in [6, 6.07) is 28.1.